The van der Waals surface area contributed by atoms with Crippen molar-refractivity contribution in [3.05, 3.63) is 83.2 Å². The standard InChI is InChI=1S/C32H34N4O3/c1-21-25(18-33)27-29(39-30(35-27)32(2,3)4)28(26(21)23-14-9-6-10-15-23)36-17-11-16-24(19-36)34-31(37)38-20-22-12-7-5-8-13-22/h5-10,12-15,24H,11,16-17,19-20H2,1-4H3,(H,34,37)/t24-/m0/s1. The molecule has 2 heterocycles. The summed E-state index contributed by atoms with van der Waals surface area (Å²) in [5, 5.41) is 13.2. The van der Waals surface area contributed by atoms with Crippen LogP contribution in [0.3, 0.4) is 0 Å². The van der Waals surface area contributed by atoms with Crippen LogP contribution in [0.15, 0.2) is 65.1 Å². The minimum absolute atomic E-state index is 0.0957. The molecule has 1 aliphatic rings. The van der Waals surface area contributed by atoms with Gasteiger partial charge in [0.15, 0.2) is 5.58 Å². The number of ether oxygens (including phenoxy) is 1. The molecule has 1 N–H and O–H groups in total. The van der Waals surface area contributed by atoms with Gasteiger partial charge in [0.1, 0.15) is 18.2 Å². The highest BCUT2D eigenvalue weighted by Gasteiger charge is 2.32. The molecule has 0 unspecified atom stereocenters. The summed E-state index contributed by atoms with van der Waals surface area (Å²) in [6.07, 6.45) is 1.31. The Balaban J connectivity index is 1.52. The number of rotatable bonds is 5. The number of anilines is 1. The third-order valence-corrected chi connectivity index (χ3v) is 7.15. The van der Waals surface area contributed by atoms with E-state index in [2.05, 4.69) is 49.2 Å². The molecular formula is C32H34N4O3. The molecule has 200 valence electrons. The van der Waals surface area contributed by atoms with Crippen LogP contribution in [0, 0.1) is 18.3 Å². The lowest BCUT2D eigenvalue weighted by atomic mass is 9.92. The molecule has 0 saturated carbocycles. The van der Waals surface area contributed by atoms with Gasteiger partial charge in [0.2, 0.25) is 5.89 Å². The maximum absolute atomic E-state index is 12.7. The summed E-state index contributed by atoms with van der Waals surface area (Å²) >= 11 is 0. The second kappa shape index (κ2) is 10.8. The number of amides is 1. The Morgan fingerprint density at radius 2 is 1.85 bits per heavy atom. The third-order valence-electron chi connectivity index (χ3n) is 7.15. The van der Waals surface area contributed by atoms with E-state index in [-0.39, 0.29) is 18.1 Å². The maximum atomic E-state index is 12.7. The fraction of sp³-hybridized carbons (Fsp3) is 0.344. The highest BCUT2D eigenvalue weighted by molar-refractivity contribution is 6.02. The van der Waals surface area contributed by atoms with E-state index in [1.165, 1.54) is 0 Å². The van der Waals surface area contributed by atoms with Crippen molar-refractivity contribution in [2.75, 3.05) is 18.0 Å². The summed E-state index contributed by atoms with van der Waals surface area (Å²) < 4.78 is 12.0. The van der Waals surface area contributed by atoms with Gasteiger partial charge in [0.05, 0.1) is 11.3 Å². The monoisotopic (exact) mass is 522 g/mol. The van der Waals surface area contributed by atoms with Crippen molar-refractivity contribution in [2.45, 2.75) is 58.6 Å². The molecule has 4 aromatic rings. The van der Waals surface area contributed by atoms with Crippen molar-refractivity contribution >= 4 is 22.9 Å². The van der Waals surface area contributed by atoms with Crippen molar-refractivity contribution in [1.82, 2.24) is 10.3 Å². The van der Waals surface area contributed by atoms with E-state index < -0.39 is 6.09 Å². The number of nitrogens with zero attached hydrogens (tertiary/aromatic N) is 3. The van der Waals surface area contributed by atoms with Gasteiger partial charge in [-0.25, -0.2) is 9.78 Å². The van der Waals surface area contributed by atoms with Gasteiger partial charge < -0.3 is 19.4 Å². The van der Waals surface area contributed by atoms with Crippen LogP contribution in [0.25, 0.3) is 22.2 Å². The van der Waals surface area contributed by atoms with Gasteiger partial charge >= 0.3 is 6.09 Å². The Morgan fingerprint density at radius 3 is 2.51 bits per heavy atom. The summed E-state index contributed by atoms with van der Waals surface area (Å²) in [7, 11) is 0. The molecule has 7 heteroatoms. The molecule has 5 rings (SSSR count). The summed E-state index contributed by atoms with van der Waals surface area (Å²) in [6, 6.07) is 22.0. The Morgan fingerprint density at radius 1 is 1.15 bits per heavy atom. The van der Waals surface area contributed by atoms with Crippen molar-refractivity contribution in [2.24, 2.45) is 0 Å². The average Bonchev–Trinajstić information content (AvgIpc) is 3.38. The van der Waals surface area contributed by atoms with Crippen LogP contribution in [-0.2, 0) is 16.8 Å². The fourth-order valence-corrected chi connectivity index (χ4v) is 5.19. The zero-order valence-corrected chi connectivity index (χ0v) is 23.0. The predicted molar refractivity (Wildman–Crippen MR) is 153 cm³/mol. The molecule has 7 nitrogen and oxygen atoms in total. The van der Waals surface area contributed by atoms with Crippen LogP contribution in [0.2, 0.25) is 0 Å². The van der Waals surface area contributed by atoms with E-state index in [4.69, 9.17) is 14.1 Å². The highest BCUT2D eigenvalue weighted by atomic mass is 16.5. The Bertz CT molecular complexity index is 1510. The molecular weight excluding hydrogens is 488 g/mol. The number of hydrogen-bond donors (Lipinski definition) is 1. The summed E-state index contributed by atoms with van der Waals surface area (Å²) in [6.45, 7) is 9.75. The molecule has 39 heavy (non-hydrogen) atoms. The van der Waals surface area contributed by atoms with E-state index in [1.807, 2.05) is 55.5 Å². The largest absolute Gasteiger partial charge is 0.445 e. The molecule has 1 aliphatic heterocycles. The number of alkyl carbamates (subject to hydrolysis) is 1. The number of nitriles is 1. The molecule has 1 aromatic heterocycles. The zero-order chi connectivity index (χ0) is 27.6. The molecule has 1 fully saturated rings. The van der Waals surface area contributed by atoms with Crippen molar-refractivity contribution in [3.8, 4) is 17.2 Å². The number of oxazole rings is 1. The number of carbonyl (C=O) groups is 1. The molecule has 0 bridgehead atoms. The van der Waals surface area contributed by atoms with Crippen LogP contribution < -0.4 is 10.2 Å². The molecule has 0 aliphatic carbocycles. The van der Waals surface area contributed by atoms with Crippen LogP contribution in [-0.4, -0.2) is 30.2 Å². The van der Waals surface area contributed by atoms with Gasteiger partial charge in [-0.05, 0) is 36.5 Å². The zero-order valence-electron chi connectivity index (χ0n) is 23.0. The van der Waals surface area contributed by atoms with E-state index >= 15 is 0 Å². The Kier molecular flexibility index (Phi) is 7.30. The lowest BCUT2D eigenvalue weighted by Crippen LogP contribution is -2.48. The second-order valence-electron chi connectivity index (χ2n) is 11.1. The van der Waals surface area contributed by atoms with Gasteiger partial charge in [-0.2, -0.15) is 5.26 Å². The van der Waals surface area contributed by atoms with E-state index in [1.54, 1.807) is 0 Å². The topological polar surface area (TPSA) is 91.4 Å². The number of aromatic nitrogens is 1. The lowest BCUT2D eigenvalue weighted by Gasteiger charge is -2.36. The molecule has 1 atom stereocenters. The average molecular weight is 523 g/mol. The molecule has 3 aromatic carbocycles. The number of fused-ring (bicyclic) bond motifs is 1. The van der Waals surface area contributed by atoms with Crippen molar-refractivity contribution < 1.29 is 13.9 Å². The normalized spacial score (nSPS) is 15.7. The van der Waals surface area contributed by atoms with Gasteiger partial charge in [0, 0.05) is 30.1 Å². The Hall–Kier alpha value is -4.31. The van der Waals surface area contributed by atoms with Crippen molar-refractivity contribution in [3.63, 3.8) is 0 Å². The van der Waals surface area contributed by atoms with Crippen LogP contribution in [0.4, 0.5) is 10.5 Å². The van der Waals surface area contributed by atoms with Gasteiger partial charge in [-0.15, -0.1) is 0 Å². The minimum atomic E-state index is -0.426. The SMILES string of the molecule is Cc1c(-c2ccccc2)c(N2CCC[C@H](NC(=O)OCc3ccccc3)C2)c2oc(C(C)(C)C)nc2c1C#N. The quantitative estimate of drug-likeness (QED) is 0.308. The summed E-state index contributed by atoms with van der Waals surface area (Å²) in [4.78, 5) is 19.8. The summed E-state index contributed by atoms with van der Waals surface area (Å²) in [5.41, 5.74) is 6.12. The van der Waals surface area contributed by atoms with Crippen molar-refractivity contribution in [1.29, 1.82) is 5.26 Å². The van der Waals surface area contributed by atoms with Gasteiger partial charge in [0.25, 0.3) is 0 Å². The highest BCUT2D eigenvalue weighted by Crippen LogP contribution is 2.44. The predicted octanol–water partition coefficient (Wildman–Crippen LogP) is 6.87. The number of nitrogens with one attached hydrogen (secondary N) is 1. The number of carbonyl (C=O) groups excluding carboxylic acids is 1. The Labute approximate surface area is 229 Å². The molecule has 0 spiro atoms. The molecule has 1 saturated heterocycles. The number of benzene rings is 3. The first kappa shape index (κ1) is 26.3. The van der Waals surface area contributed by atoms with Crippen LogP contribution >= 0.6 is 0 Å². The van der Waals surface area contributed by atoms with Crippen LogP contribution in [0.5, 0.6) is 0 Å². The first-order valence-corrected chi connectivity index (χ1v) is 13.4. The maximum Gasteiger partial charge on any atom is 0.407 e. The number of piperidine rings is 1. The fourth-order valence-electron chi connectivity index (χ4n) is 5.19. The first-order chi connectivity index (χ1) is 18.8. The second-order valence-corrected chi connectivity index (χ2v) is 11.1. The number of hydrogen-bond acceptors (Lipinski definition) is 6. The van der Waals surface area contributed by atoms with Crippen LogP contribution in [0.1, 0.15) is 56.2 Å². The van der Waals surface area contributed by atoms with Gasteiger partial charge in [-0.3, -0.25) is 0 Å². The first-order valence-electron chi connectivity index (χ1n) is 13.4. The summed E-state index contributed by atoms with van der Waals surface area (Å²) in [5.74, 6) is 0.594. The molecule has 1 amide bonds. The minimum Gasteiger partial charge on any atom is -0.445 e. The third kappa shape index (κ3) is 5.46. The molecule has 0 radical (unpaired) electrons. The smallest absolute Gasteiger partial charge is 0.407 e. The van der Waals surface area contributed by atoms with E-state index in [9.17, 15) is 10.1 Å². The van der Waals surface area contributed by atoms with E-state index in [0.29, 0.717) is 29.1 Å². The van der Waals surface area contributed by atoms with Gasteiger partial charge in [-0.1, -0.05) is 81.4 Å². The lowest BCUT2D eigenvalue weighted by molar-refractivity contribution is 0.134. The van der Waals surface area contributed by atoms with E-state index in [0.717, 1.165) is 47.3 Å².